The van der Waals surface area contributed by atoms with Gasteiger partial charge in [0.05, 0.1) is 19.3 Å². The van der Waals surface area contributed by atoms with Crippen molar-refractivity contribution in [2.75, 3.05) is 25.0 Å². The number of nitrogens with one attached hydrogen (secondary N) is 1. The molecule has 2 rings (SSSR count). The van der Waals surface area contributed by atoms with Crippen LogP contribution in [0.5, 0.6) is 0 Å². The number of amidine groups is 1. The van der Waals surface area contributed by atoms with E-state index in [1.54, 1.807) is 0 Å². The fourth-order valence-electron chi connectivity index (χ4n) is 1.85. The van der Waals surface area contributed by atoms with Crippen molar-refractivity contribution in [1.29, 1.82) is 0 Å². The first-order valence-corrected chi connectivity index (χ1v) is 6.09. The van der Waals surface area contributed by atoms with Crippen LogP contribution in [0.1, 0.15) is 6.92 Å². The summed E-state index contributed by atoms with van der Waals surface area (Å²) in [6.07, 6.45) is 0.0169. The van der Waals surface area contributed by atoms with Crippen molar-refractivity contribution in [3.8, 4) is 0 Å². The SMILES string of the molecule is CC(N)N1CCN=C1CNc1ccc(Cl)cc1. The highest BCUT2D eigenvalue weighted by molar-refractivity contribution is 6.30. The fraction of sp³-hybridized carbons (Fsp3) is 0.417. The van der Waals surface area contributed by atoms with E-state index in [1.165, 1.54) is 0 Å². The lowest BCUT2D eigenvalue weighted by atomic mass is 10.3. The van der Waals surface area contributed by atoms with Gasteiger partial charge in [0.1, 0.15) is 5.84 Å². The normalized spacial score (nSPS) is 16.9. The van der Waals surface area contributed by atoms with Crippen LogP contribution in [0, 0.1) is 0 Å². The summed E-state index contributed by atoms with van der Waals surface area (Å²) in [5.74, 6) is 1.02. The zero-order valence-electron chi connectivity index (χ0n) is 9.86. The van der Waals surface area contributed by atoms with E-state index in [-0.39, 0.29) is 6.17 Å². The Morgan fingerprint density at radius 1 is 1.47 bits per heavy atom. The quantitative estimate of drug-likeness (QED) is 0.859. The lowest BCUT2D eigenvalue weighted by Gasteiger charge is -2.24. The first-order valence-electron chi connectivity index (χ1n) is 5.72. The maximum atomic E-state index is 5.88. The molecule has 0 saturated carbocycles. The molecule has 0 aliphatic carbocycles. The number of hydrogen-bond donors (Lipinski definition) is 2. The van der Waals surface area contributed by atoms with Gasteiger partial charge in [0.25, 0.3) is 0 Å². The van der Waals surface area contributed by atoms with Crippen LogP contribution in [-0.2, 0) is 0 Å². The van der Waals surface area contributed by atoms with Crippen LogP contribution in [-0.4, -0.2) is 36.5 Å². The molecule has 0 bridgehead atoms. The van der Waals surface area contributed by atoms with E-state index in [9.17, 15) is 0 Å². The topological polar surface area (TPSA) is 53.6 Å². The van der Waals surface area contributed by atoms with Crippen LogP contribution in [0.4, 0.5) is 5.69 Å². The summed E-state index contributed by atoms with van der Waals surface area (Å²) < 4.78 is 0. The molecule has 1 atom stereocenters. The Balaban J connectivity index is 1.92. The minimum absolute atomic E-state index is 0.0169. The van der Waals surface area contributed by atoms with Gasteiger partial charge in [0, 0.05) is 17.3 Å². The molecule has 1 unspecified atom stereocenters. The Morgan fingerprint density at radius 2 is 2.18 bits per heavy atom. The predicted molar refractivity (Wildman–Crippen MR) is 72.6 cm³/mol. The molecule has 0 spiro atoms. The number of benzene rings is 1. The van der Waals surface area contributed by atoms with Crippen molar-refractivity contribution in [3.63, 3.8) is 0 Å². The third kappa shape index (κ3) is 3.11. The summed E-state index contributed by atoms with van der Waals surface area (Å²) >= 11 is 5.83. The zero-order valence-corrected chi connectivity index (χ0v) is 10.6. The summed E-state index contributed by atoms with van der Waals surface area (Å²) in [5.41, 5.74) is 6.91. The molecule has 1 aromatic rings. The molecule has 0 radical (unpaired) electrons. The van der Waals surface area contributed by atoms with Crippen molar-refractivity contribution in [2.24, 2.45) is 10.7 Å². The van der Waals surface area contributed by atoms with Gasteiger partial charge in [-0.15, -0.1) is 0 Å². The molecule has 5 heteroatoms. The zero-order chi connectivity index (χ0) is 12.3. The van der Waals surface area contributed by atoms with Gasteiger partial charge in [0.15, 0.2) is 0 Å². The standard InChI is InChI=1S/C12H17ClN4/c1-9(14)17-7-6-15-12(17)8-16-11-4-2-10(13)3-5-11/h2-5,9,16H,6-8,14H2,1H3. The lowest BCUT2D eigenvalue weighted by Crippen LogP contribution is -2.44. The number of anilines is 1. The monoisotopic (exact) mass is 252 g/mol. The number of halogens is 1. The molecule has 1 aromatic carbocycles. The second-order valence-corrected chi connectivity index (χ2v) is 4.53. The fourth-order valence-corrected chi connectivity index (χ4v) is 1.98. The molecule has 1 heterocycles. The van der Waals surface area contributed by atoms with E-state index in [2.05, 4.69) is 15.2 Å². The molecular weight excluding hydrogens is 236 g/mol. The van der Waals surface area contributed by atoms with E-state index >= 15 is 0 Å². The number of aliphatic imine (C=N–C) groups is 1. The Hall–Kier alpha value is -1.26. The molecule has 1 aliphatic heterocycles. The molecule has 0 fully saturated rings. The second kappa shape index (κ2) is 5.38. The maximum absolute atomic E-state index is 5.88. The highest BCUT2D eigenvalue weighted by Crippen LogP contribution is 2.13. The smallest absolute Gasteiger partial charge is 0.120 e. The Bertz CT molecular complexity index is 399. The van der Waals surface area contributed by atoms with Gasteiger partial charge in [-0.25, -0.2) is 0 Å². The van der Waals surface area contributed by atoms with Gasteiger partial charge in [-0.1, -0.05) is 11.6 Å². The maximum Gasteiger partial charge on any atom is 0.120 e. The highest BCUT2D eigenvalue weighted by Gasteiger charge is 2.19. The van der Waals surface area contributed by atoms with Crippen molar-refractivity contribution in [2.45, 2.75) is 13.1 Å². The average molecular weight is 253 g/mol. The average Bonchev–Trinajstić information content (AvgIpc) is 2.76. The number of nitrogens with two attached hydrogens (primary N) is 1. The number of nitrogens with zero attached hydrogens (tertiary/aromatic N) is 2. The van der Waals surface area contributed by atoms with Gasteiger partial charge >= 0.3 is 0 Å². The highest BCUT2D eigenvalue weighted by atomic mass is 35.5. The second-order valence-electron chi connectivity index (χ2n) is 4.09. The Labute approximate surface area is 106 Å². The molecular formula is C12H17ClN4. The van der Waals surface area contributed by atoms with Crippen molar-refractivity contribution in [1.82, 2.24) is 4.90 Å². The Kier molecular flexibility index (Phi) is 3.86. The molecule has 3 N–H and O–H groups in total. The van der Waals surface area contributed by atoms with Crippen molar-refractivity contribution >= 4 is 23.1 Å². The lowest BCUT2D eigenvalue weighted by molar-refractivity contribution is 0.363. The molecule has 1 aliphatic rings. The van der Waals surface area contributed by atoms with Gasteiger partial charge in [0.2, 0.25) is 0 Å². The summed E-state index contributed by atoms with van der Waals surface area (Å²) in [6, 6.07) is 7.63. The van der Waals surface area contributed by atoms with E-state index < -0.39 is 0 Å². The van der Waals surface area contributed by atoms with Crippen molar-refractivity contribution < 1.29 is 0 Å². The molecule has 0 amide bonds. The summed E-state index contributed by atoms with van der Waals surface area (Å²) in [4.78, 5) is 6.56. The van der Waals surface area contributed by atoms with Gasteiger partial charge in [-0.05, 0) is 31.2 Å². The molecule has 92 valence electrons. The first-order chi connectivity index (χ1) is 8.16. The van der Waals surface area contributed by atoms with Gasteiger partial charge in [-0.2, -0.15) is 0 Å². The van der Waals surface area contributed by atoms with E-state index in [1.807, 2.05) is 31.2 Å². The molecule has 4 nitrogen and oxygen atoms in total. The van der Waals surface area contributed by atoms with Gasteiger partial charge in [-0.3, -0.25) is 4.99 Å². The largest absolute Gasteiger partial charge is 0.378 e. The van der Waals surface area contributed by atoms with Crippen LogP contribution in [0.25, 0.3) is 0 Å². The molecule has 17 heavy (non-hydrogen) atoms. The molecule has 0 saturated heterocycles. The molecule has 0 aromatic heterocycles. The summed E-state index contributed by atoms with van der Waals surface area (Å²) in [5, 5.41) is 4.05. The van der Waals surface area contributed by atoms with E-state index in [4.69, 9.17) is 17.3 Å². The summed E-state index contributed by atoms with van der Waals surface area (Å²) in [6.45, 7) is 4.42. The van der Waals surface area contributed by atoms with E-state index in [0.717, 1.165) is 29.6 Å². The van der Waals surface area contributed by atoms with Crippen LogP contribution in [0.2, 0.25) is 5.02 Å². The van der Waals surface area contributed by atoms with E-state index in [0.29, 0.717) is 6.54 Å². The minimum Gasteiger partial charge on any atom is -0.378 e. The predicted octanol–water partition coefficient (Wildman–Crippen LogP) is 1.77. The van der Waals surface area contributed by atoms with Crippen molar-refractivity contribution in [3.05, 3.63) is 29.3 Å². The van der Waals surface area contributed by atoms with Crippen LogP contribution in [0.3, 0.4) is 0 Å². The minimum atomic E-state index is 0.0169. The van der Waals surface area contributed by atoms with Gasteiger partial charge < -0.3 is 16.0 Å². The van der Waals surface area contributed by atoms with Crippen LogP contribution < -0.4 is 11.1 Å². The summed E-state index contributed by atoms with van der Waals surface area (Å²) in [7, 11) is 0. The van der Waals surface area contributed by atoms with Crippen LogP contribution in [0.15, 0.2) is 29.3 Å². The first kappa shape index (κ1) is 12.2. The Morgan fingerprint density at radius 3 is 2.82 bits per heavy atom. The third-order valence-electron chi connectivity index (χ3n) is 2.75. The number of rotatable bonds is 4. The number of hydrogen-bond acceptors (Lipinski definition) is 4. The third-order valence-corrected chi connectivity index (χ3v) is 3.01. The van der Waals surface area contributed by atoms with Crippen LogP contribution >= 0.6 is 11.6 Å².